The molecule has 1 aliphatic heterocycles. The summed E-state index contributed by atoms with van der Waals surface area (Å²) in [6.45, 7) is 1.55. The number of benzene rings is 2. The summed E-state index contributed by atoms with van der Waals surface area (Å²) in [7, 11) is 0. The number of hydrazine groups is 1. The molecular formula is C20H22F3N5O2. The first-order chi connectivity index (χ1) is 14.1. The Kier molecular flexibility index (Phi) is 5.90. The molecule has 0 spiro atoms. The van der Waals surface area contributed by atoms with Crippen LogP contribution in [0.4, 0.5) is 24.5 Å². The van der Waals surface area contributed by atoms with E-state index in [1.165, 1.54) is 34.4 Å². The molecule has 0 unspecified atom stereocenters. The van der Waals surface area contributed by atoms with Gasteiger partial charge < -0.3 is 26.1 Å². The van der Waals surface area contributed by atoms with Gasteiger partial charge in [0, 0.05) is 12.4 Å². The number of likely N-dealkylation sites (tertiary alicyclic amines) is 1. The minimum Gasteiger partial charge on any atom is -0.403 e. The molecule has 1 saturated heterocycles. The zero-order valence-electron chi connectivity index (χ0n) is 16.2. The summed E-state index contributed by atoms with van der Waals surface area (Å²) >= 11 is 0. The number of hydrogen-bond acceptors (Lipinski definition) is 6. The summed E-state index contributed by atoms with van der Waals surface area (Å²) in [4.78, 5) is 14.1. The monoisotopic (exact) mass is 421 g/mol. The highest BCUT2D eigenvalue weighted by molar-refractivity contribution is 6.01. The van der Waals surface area contributed by atoms with Gasteiger partial charge in [-0.15, -0.1) is 0 Å². The third-order valence-electron chi connectivity index (χ3n) is 4.72. The van der Waals surface area contributed by atoms with E-state index < -0.39 is 34.6 Å². The normalized spacial score (nSPS) is 15.2. The van der Waals surface area contributed by atoms with Crippen molar-refractivity contribution in [3.8, 4) is 0 Å². The fourth-order valence-corrected chi connectivity index (χ4v) is 3.29. The van der Waals surface area contributed by atoms with E-state index in [0.29, 0.717) is 5.56 Å². The molecule has 6 N–H and O–H groups in total. The average molecular weight is 421 g/mol. The van der Waals surface area contributed by atoms with Crippen LogP contribution < -0.4 is 16.9 Å². The standard InChI is InChI=1S/C20H22F3N5O2/c1-12-2-5-16(15(22)8-12)26-18-13(3-4-14(21)17(18)23)19(29)27-9-20(30,10-27)11-28(25)7-6-24/h2-8,26,30H,9-11,24-25H2,1H3/b7-6-. The van der Waals surface area contributed by atoms with Crippen LogP contribution in [0.25, 0.3) is 0 Å². The summed E-state index contributed by atoms with van der Waals surface area (Å²) < 4.78 is 42.5. The number of amides is 1. The Hall–Kier alpha value is -3.24. The van der Waals surface area contributed by atoms with E-state index in [4.69, 9.17) is 11.6 Å². The van der Waals surface area contributed by atoms with Crippen molar-refractivity contribution in [2.75, 3.05) is 25.0 Å². The summed E-state index contributed by atoms with van der Waals surface area (Å²) in [6.07, 6.45) is 2.56. The van der Waals surface area contributed by atoms with Gasteiger partial charge in [0.1, 0.15) is 11.4 Å². The molecule has 2 aromatic carbocycles. The number of halogens is 3. The first kappa shape index (κ1) is 21.5. The number of carbonyl (C=O) groups excluding carboxylic acids is 1. The maximum Gasteiger partial charge on any atom is 0.256 e. The highest BCUT2D eigenvalue weighted by atomic mass is 19.2. The molecule has 0 aliphatic carbocycles. The van der Waals surface area contributed by atoms with Gasteiger partial charge >= 0.3 is 0 Å². The number of rotatable bonds is 6. The van der Waals surface area contributed by atoms with Gasteiger partial charge in [-0.3, -0.25) is 4.79 Å². The number of anilines is 2. The van der Waals surface area contributed by atoms with Gasteiger partial charge in [0.05, 0.1) is 36.6 Å². The van der Waals surface area contributed by atoms with E-state index in [1.54, 1.807) is 13.0 Å². The van der Waals surface area contributed by atoms with Crippen LogP contribution in [0.2, 0.25) is 0 Å². The molecule has 1 heterocycles. The summed E-state index contributed by atoms with van der Waals surface area (Å²) in [5, 5.41) is 14.1. The number of nitrogens with two attached hydrogens (primary N) is 2. The van der Waals surface area contributed by atoms with Crippen LogP contribution in [0.1, 0.15) is 15.9 Å². The molecule has 1 aliphatic rings. The SMILES string of the molecule is Cc1ccc(Nc2c(C(=O)N3CC(O)(CN(N)/C=C\N)C3)ccc(F)c2F)c(F)c1. The quantitative estimate of drug-likeness (QED) is 0.420. The maximum absolute atomic E-state index is 14.5. The highest BCUT2D eigenvalue weighted by Gasteiger charge is 2.45. The fourth-order valence-electron chi connectivity index (χ4n) is 3.29. The van der Waals surface area contributed by atoms with Crippen molar-refractivity contribution >= 4 is 17.3 Å². The second-order valence-electron chi connectivity index (χ2n) is 7.29. The minimum atomic E-state index is -1.31. The van der Waals surface area contributed by atoms with Crippen molar-refractivity contribution in [2.24, 2.45) is 11.6 Å². The maximum atomic E-state index is 14.5. The fraction of sp³-hybridized carbons (Fsp3) is 0.250. The van der Waals surface area contributed by atoms with Crippen molar-refractivity contribution in [1.82, 2.24) is 9.91 Å². The Balaban J connectivity index is 1.83. The topological polar surface area (TPSA) is 108 Å². The largest absolute Gasteiger partial charge is 0.403 e. The lowest BCUT2D eigenvalue weighted by molar-refractivity contribution is -0.0924. The molecule has 3 rings (SSSR count). The number of hydrogen-bond donors (Lipinski definition) is 4. The Bertz CT molecular complexity index is 993. The third kappa shape index (κ3) is 4.34. The average Bonchev–Trinajstić information content (AvgIpc) is 2.65. The Morgan fingerprint density at radius 1 is 1.27 bits per heavy atom. The van der Waals surface area contributed by atoms with Crippen LogP contribution in [0, 0.1) is 24.4 Å². The molecule has 0 atom stereocenters. The van der Waals surface area contributed by atoms with E-state index in [-0.39, 0.29) is 30.9 Å². The molecule has 0 aromatic heterocycles. The Morgan fingerprint density at radius 2 is 1.97 bits per heavy atom. The third-order valence-corrected chi connectivity index (χ3v) is 4.72. The van der Waals surface area contributed by atoms with Gasteiger partial charge in [0.15, 0.2) is 11.6 Å². The van der Waals surface area contributed by atoms with Crippen LogP contribution in [0.5, 0.6) is 0 Å². The lowest BCUT2D eigenvalue weighted by Gasteiger charge is -2.47. The predicted molar refractivity (Wildman–Crippen MR) is 106 cm³/mol. The summed E-state index contributed by atoms with van der Waals surface area (Å²) in [5.74, 6) is 1.84. The first-order valence-corrected chi connectivity index (χ1v) is 9.06. The molecule has 1 fully saturated rings. The van der Waals surface area contributed by atoms with Crippen molar-refractivity contribution < 1.29 is 23.1 Å². The molecule has 2 aromatic rings. The smallest absolute Gasteiger partial charge is 0.256 e. The van der Waals surface area contributed by atoms with Crippen LogP contribution in [0.15, 0.2) is 42.7 Å². The van der Waals surface area contributed by atoms with Crippen molar-refractivity contribution in [3.63, 3.8) is 0 Å². The van der Waals surface area contributed by atoms with Gasteiger partial charge in [-0.05, 0) is 36.8 Å². The Labute approximate surface area is 171 Å². The lowest BCUT2D eigenvalue weighted by atomic mass is 9.92. The number of nitrogens with zero attached hydrogens (tertiary/aromatic N) is 2. The summed E-state index contributed by atoms with van der Waals surface area (Å²) in [5.41, 5.74) is 3.82. The Morgan fingerprint density at radius 3 is 2.60 bits per heavy atom. The molecule has 10 heteroatoms. The van der Waals surface area contributed by atoms with Crippen LogP contribution in [0.3, 0.4) is 0 Å². The second-order valence-corrected chi connectivity index (χ2v) is 7.29. The van der Waals surface area contributed by atoms with E-state index in [0.717, 1.165) is 12.1 Å². The van der Waals surface area contributed by atoms with E-state index in [2.05, 4.69) is 5.32 Å². The van der Waals surface area contributed by atoms with Crippen LogP contribution >= 0.6 is 0 Å². The predicted octanol–water partition coefficient (Wildman–Crippen LogP) is 1.95. The van der Waals surface area contributed by atoms with Gasteiger partial charge in [-0.25, -0.2) is 19.0 Å². The highest BCUT2D eigenvalue weighted by Crippen LogP contribution is 2.31. The first-order valence-electron chi connectivity index (χ1n) is 9.06. The summed E-state index contributed by atoms with van der Waals surface area (Å²) in [6, 6.07) is 6.11. The minimum absolute atomic E-state index is 0.0158. The number of nitrogens with one attached hydrogen (secondary N) is 1. The molecular weight excluding hydrogens is 399 g/mol. The molecule has 7 nitrogen and oxygen atoms in total. The van der Waals surface area contributed by atoms with E-state index in [9.17, 15) is 23.1 Å². The lowest BCUT2D eigenvalue weighted by Crippen LogP contribution is -2.67. The van der Waals surface area contributed by atoms with Crippen molar-refractivity contribution in [3.05, 3.63) is 71.3 Å². The van der Waals surface area contributed by atoms with Crippen LogP contribution in [-0.4, -0.2) is 46.2 Å². The van der Waals surface area contributed by atoms with E-state index >= 15 is 0 Å². The number of aryl methyl sites for hydroxylation is 1. The van der Waals surface area contributed by atoms with E-state index in [1.807, 2.05) is 0 Å². The molecule has 30 heavy (non-hydrogen) atoms. The zero-order chi connectivity index (χ0) is 22.1. The molecule has 1 amide bonds. The van der Waals surface area contributed by atoms with Crippen molar-refractivity contribution in [2.45, 2.75) is 12.5 Å². The van der Waals surface area contributed by atoms with Gasteiger partial charge in [0.2, 0.25) is 0 Å². The molecule has 160 valence electrons. The number of aliphatic hydroxyl groups is 1. The molecule has 0 radical (unpaired) electrons. The van der Waals surface area contributed by atoms with Crippen molar-refractivity contribution in [1.29, 1.82) is 0 Å². The zero-order valence-corrected chi connectivity index (χ0v) is 16.2. The number of β-amino-alcohol motifs (C(OH)–C–C–N with tert-alkyl or cyclic N) is 1. The number of carbonyl (C=O) groups is 1. The van der Waals surface area contributed by atoms with Crippen LogP contribution in [-0.2, 0) is 0 Å². The second kappa shape index (κ2) is 8.25. The molecule has 0 bridgehead atoms. The van der Waals surface area contributed by atoms with Gasteiger partial charge in [0.25, 0.3) is 5.91 Å². The van der Waals surface area contributed by atoms with Gasteiger partial charge in [-0.1, -0.05) is 6.07 Å². The molecule has 0 saturated carbocycles. The van der Waals surface area contributed by atoms with Gasteiger partial charge in [-0.2, -0.15) is 0 Å².